The molecule has 2 heterocycles. The number of rotatable bonds is 5. The first-order valence-electron chi connectivity index (χ1n) is 8.83. The summed E-state index contributed by atoms with van der Waals surface area (Å²) in [5.41, 5.74) is 7.24. The maximum absolute atomic E-state index is 10.4. The Labute approximate surface area is 155 Å². The van der Waals surface area contributed by atoms with Gasteiger partial charge in [-0.15, -0.1) is 0 Å². The minimum Gasteiger partial charge on any atom is -0.383 e. The summed E-state index contributed by atoms with van der Waals surface area (Å²) in [4.78, 5) is 12.9. The number of nitrogens with one attached hydrogen (secondary N) is 1. The lowest BCUT2D eigenvalue weighted by molar-refractivity contribution is 0.160. The molecule has 3 N–H and O–H groups in total. The van der Waals surface area contributed by atoms with Crippen LogP contribution in [0, 0.1) is 6.92 Å². The van der Waals surface area contributed by atoms with Crippen molar-refractivity contribution in [1.82, 2.24) is 14.7 Å². The number of nitrogens with two attached hydrogens (primary N) is 1. The van der Waals surface area contributed by atoms with Gasteiger partial charge < -0.3 is 15.4 Å². The Morgan fingerprint density at radius 3 is 2.69 bits per heavy atom. The van der Waals surface area contributed by atoms with E-state index in [1.54, 1.807) is 24.9 Å². The normalized spacial score (nSPS) is 16.8. The highest BCUT2D eigenvalue weighted by molar-refractivity contribution is 5.86. The van der Waals surface area contributed by atoms with Crippen LogP contribution >= 0.6 is 0 Å². The van der Waals surface area contributed by atoms with Crippen molar-refractivity contribution in [3.05, 3.63) is 47.7 Å². The quantitative estimate of drug-likeness (QED) is 0.858. The topological polar surface area (TPSA) is 85.4 Å². The minimum absolute atomic E-state index is 0.576. The largest absolute Gasteiger partial charge is 0.383 e. The van der Waals surface area contributed by atoms with Crippen molar-refractivity contribution in [2.24, 2.45) is 12.8 Å². The highest BCUT2D eigenvalue weighted by Crippen LogP contribution is 2.26. The zero-order chi connectivity index (χ0) is 18.9. The second-order valence-corrected chi connectivity index (χ2v) is 6.47. The van der Waals surface area contributed by atoms with Gasteiger partial charge in [0.1, 0.15) is 5.82 Å². The molecule has 1 aromatic carbocycles. The maximum Gasteiger partial charge on any atom is 0.317 e. The number of hydrogen-bond donors (Lipinski definition) is 2. The summed E-state index contributed by atoms with van der Waals surface area (Å²) >= 11 is 0. The van der Waals surface area contributed by atoms with E-state index < -0.39 is 6.03 Å². The molecule has 3 rings (SSSR count). The predicted molar refractivity (Wildman–Crippen MR) is 103 cm³/mol. The van der Waals surface area contributed by atoms with Crippen LogP contribution in [-0.4, -0.2) is 54.1 Å². The van der Waals surface area contributed by atoms with Gasteiger partial charge in [0.25, 0.3) is 0 Å². The Bertz CT molecular complexity index is 686. The van der Waals surface area contributed by atoms with E-state index in [1.165, 1.54) is 25.1 Å². The van der Waals surface area contributed by atoms with Crippen LogP contribution in [0.3, 0.4) is 0 Å². The zero-order valence-corrected chi connectivity index (χ0v) is 15.8. The molecule has 26 heavy (non-hydrogen) atoms. The first-order valence-corrected chi connectivity index (χ1v) is 8.83. The third-order valence-corrected chi connectivity index (χ3v) is 4.41. The van der Waals surface area contributed by atoms with Crippen molar-refractivity contribution in [3.8, 4) is 0 Å². The first kappa shape index (κ1) is 19.9. The number of nitrogens with zero attached hydrogens (tertiary/aromatic N) is 3. The number of methoxy groups -OCH3 is 1. The average Bonchev–Trinajstić information content (AvgIpc) is 3.20. The molecule has 0 bridgehead atoms. The molecule has 7 heteroatoms. The summed E-state index contributed by atoms with van der Waals surface area (Å²) in [6.07, 6.45) is 1.29. The Kier molecular flexibility index (Phi) is 7.62. The number of likely N-dealkylation sites (tertiary alicyclic amines) is 1. The first-order chi connectivity index (χ1) is 12.5. The highest BCUT2D eigenvalue weighted by atomic mass is 16.5. The van der Waals surface area contributed by atoms with E-state index in [0.29, 0.717) is 5.82 Å². The number of benzene rings is 1. The molecule has 1 fully saturated rings. The summed E-state index contributed by atoms with van der Waals surface area (Å²) in [5, 5.41) is 6.44. The number of urea groups is 1. The van der Waals surface area contributed by atoms with E-state index in [9.17, 15) is 4.79 Å². The number of primary amides is 1. The molecule has 1 aliphatic heterocycles. The molecular formula is C19H29N5O2. The van der Waals surface area contributed by atoms with E-state index in [0.717, 1.165) is 24.8 Å². The zero-order valence-electron chi connectivity index (χ0n) is 15.8. The summed E-state index contributed by atoms with van der Waals surface area (Å²) in [7, 11) is 3.50. The SMILES string of the molecule is COCCN1CCC(c2ccccc2)C1.Cc1cc(NC(N)=O)n(C)n1. The lowest BCUT2D eigenvalue weighted by atomic mass is 9.99. The smallest absolute Gasteiger partial charge is 0.317 e. The van der Waals surface area contributed by atoms with Gasteiger partial charge in [0.15, 0.2) is 0 Å². The fraction of sp³-hybridized carbons (Fsp3) is 0.474. The van der Waals surface area contributed by atoms with Gasteiger partial charge in [-0.3, -0.25) is 10.00 Å². The Morgan fingerprint density at radius 1 is 1.38 bits per heavy atom. The van der Waals surface area contributed by atoms with Gasteiger partial charge in [-0.2, -0.15) is 5.10 Å². The number of ether oxygens (including phenoxy) is 1. The number of carbonyl (C=O) groups excluding carboxylic acids is 1. The van der Waals surface area contributed by atoms with Crippen LogP contribution in [0.1, 0.15) is 23.6 Å². The number of anilines is 1. The second kappa shape index (κ2) is 9.94. The van der Waals surface area contributed by atoms with Crippen LogP contribution in [0.2, 0.25) is 0 Å². The van der Waals surface area contributed by atoms with Crippen LogP contribution in [0.4, 0.5) is 10.6 Å². The van der Waals surface area contributed by atoms with E-state index >= 15 is 0 Å². The third kappa shape index (κ3) is 6.16. The van der Waals surface area contributed by atoms with E-state index in [2.05, 4.69) is 45.6 Å². The van der Waals surface area contributed by atoms with Crippen LogP contribution in [0.15, 0.2) is 36.4 Å². The van der Waals surface area contributed by atoms with E-state index in [1.807, 2.05) is 6.92 Å². The summed E-state index contributed by atoms with van der Waals surface area (Å²) in [5.74, 6) is 1.33. The molecular weight excluding hydrogens is 330 g/mol. The number of aryl methyl sites for hydroxylation is 2. The second-order valence-electron chi connectivity index (χ2n) is 6.47. The van der Waals surface area contributed by atoms with Gasteiger partial charge in [0.05, 0.1) is 12.3 Å². The standard InChI is InChI=1S/C13H19NO.C6H10N4O/c1-15-10-9-14-8-7-13(11-14)12-5-3-2-4-6-12;1-4-3-5(8-6(7)11)10(2)9-4/h2-6,13H,7-11H2,1H3;3H,1-2H3,(H3,7,8,11). The third-order valence-electron chi connectivity index (χ3n) is 4.41. The van der Waals surface area contributed by atoms with Crippen molar-refractivity contribution in [1.29, 1.82) is 0 Å². The van der Waals surface area contributed by atoms with Gasteiger partial charge in [-0.25, -0.2) is 4.79 Å². The molecule has 1 aliphatic rings. The summed E-state index contributed by atoms with van der Waals surface area (Å²) in [6.45, 7) is 6.16. The van der Waals surface area contributed by atoms with Crippen molar-refractivity contribution < 1.29 is 9.53 Å². The summed E-state index contributed by atoms with van der Waals surface area (Å²) < 4.78 is 6.66. The number of aromatic nitrogens is 2. The highest BCUT2D eigenvalue weighted by Gasteiger charge is 2.22. The number of amides is 2. The number of carbonyl (C=O) groups is 1. The Morgan fingerprint density at radius 2 is 2.12 bits per heavy atom. The molecule has 0 radical (unpaired) electrons. The monoisotopic (exact) mass is 359 g/mol. The maximum atomic E-state index is 10.4. The molecule has 2 aromatic rings. The van der Waals surface area contributed by atoms with Gasteiger partial charge in [0.2, 0.25) is 0 Å². The number of hydrogen-bond acceptors (Lipinski definition) is 4. The van der Waals surface area contributed by atoms with Crippen LogP contribution < -0.4 is 11.1 Å². The summed E-state index contributed by atoms with van der Waals surface area (Å²) in [6, 6.07) is 12.0. The molecule has 1 saturated heterocycles. The van der Waals surface area contributed by atoms with Crippen molar-refractivity contribution in [2.45, 2.75) is 19.3 Å². The van der Waals surface area contributed by atoms with Gasteiger partial charge in [-0.05, 0) is 31.4 Å². The van der Waals surface area contributed by atoms with Gasteiger partial charge in [0, 0.05) is 33.3 Å². The van der Waals surface area contributed by atoms with E-state index in [-0.39, 0.29) is 0 Å². The Hall–Kier alpha value is -2.38. The molecule has 1 atom stereocenters. The van der Waals surface area contributed by atoms with E-state index in [4.69, 9.17) is 10.5 Å². The fourth-order valence-corrected chi connectivity index (χ4v) is 3.11. The molecule has 0 aliphatic carbocycles. The fourth-order valence-electron chi connectivity index (χ4n) is 3.11. The molecule has 142 valence electrons. The molecule has 0 spiro atoms. The van der Waals surface area contributed by atoms with Crippen LogP contribution in [0.5, 0.6) is 0 Å². The molecule has 2 amide bonds. The lowest BCUT2D eigenvalue weighted by Crippen LogP contribution is -2.24. The van der Waals surface area contributed by atoms with Crippen LogP contribution in [-0.2, 0) is 11.8 Å². The Balaban J connectivity index is 0.000000197. The minimum atomic E-state index is -0.576. The molecule has 1 unspecified atom stereocenters. The van der Waals surface area contributed by atoms with Crippen molar-refractivity contribution in [2.75, 3.05) is 38.7 Å². The average molecular weight is 359 g/mol. The predicted octanol–water partition coefficient (Wildman–Crippen LogP) is 2.34. The molecule has 7 nitrogen and oxygen atoms in total. The van der Waals surface area contributed by atoms with Crippen LogP contribution in [0.25, 0.3) is 0 Å². The van der Waals surface area contributed by atoms with Gasteiger partial charge >= 0.3 is 6.03 Å². The van der Waals surface area contributed by atoms with Gasteiger partial charge in [-0.1, -0.05) is 30.3 Å². The van der Waals surface area contributed by atoms with Crippen molar-refractivity contribution >= 4 is 11.8 Å². The lowest BCUT2D eigenvalue weighted by Gasteiger charge is -2.15. The molecule has 1 aromatic heterocycles. The molecule has 0 saturated carbocycles. The van der Waals surface area contributed by atoms with Crippen molar-refractivity contribution in [3.63, 3.8) is 0 Å².